The second kappa shape index (κ2) is 9.17. The fraction of sp³-hybridized carbons (Fsp3) is 0.296. The Morgan fingerprint density at radius 1 is 0.914 bits per heavy atom. The Morgan fingerprint density at radius 2 is 1.66 bits per heavy atom. The first-order chi connectivity index (χ1) is 16.7. The molecule has 0 aliphatic carbocycles. The Kier molecular flexibility index (Phi) is 6.19. The Hall–Kier alpha value is -3.10. The zero-order chi connectivity index (χ0) is 24.7. The van der Waals surface area contributed by atoms with Crippen molar-refractivity contribution in [2.45, 2.75) is 36.7 Å². The molecule has 0 unspecified atom stereocenters. The first-order valence-corrected chi connectivity index (χ1v) is 13.4. The van der Waals surface area contributed by atoms with E-state index in [-0.39, 0.29) is 16.4 Å². The molecule has 3 aromatic rings. The average molecular weight is 498 g/mol. The highest BCUT2D eigenvalue weighted by Crippen LogP contribution is 2.34. The maximum Gasteiger partial charge on any atom is 0.255 e. The Labute approximate surface area is 203 Å². The normalized spacial score (nSPS) is 16.4. The molecular weight excluding hydrogens is 472 g/mol. The van der Waals surface area contributed by atoms with Gasteiger partial charge in [-0.1, -0.05) is 30.3 Å². The molecule has 0 aromatic heterocycles. The highest BCUT2D eigenvalue weighted by Gasteiger charge is 2.28. The van der Waals surface area contributed by atoms with E-state index in [4.69, 9.17) is 4.74 Å². The third-order valence-electron chi connectivity index (χ3n) is 6.81. The molecule has 0 saturated carbocycles. The van der Waals surface area contributed by atoms with Crippen LogP contribution in [0, 0.1) is 11.6 Å². The van der Waals surface area contributed by atoms with Crippen LogP contribution < -0.4 is 0 Å². The van der Waals surface area contributed by atoms with Crippen molar-refractivity contribution in [3.63, 3.8) is 0 Å². The van der Waals surface area contributed by atoms with Gasteiger partial charge in [0, 0.05) is 38.1 Å². The van der Waals surface area contributed by atoms with Crippen LogP contribution in [0.15, 0.2) is 59.5 Å². The van der Waals surface area contributed by atoms with Gasteiger partial charge < -0.3 is 9.64 Å². The van der Waals surface area contributed by atoms with Crippen molar-refractivity contribution in [1.29, 1.82) is 0 Å². The number of hydrogen-bond acceptors (Lipinski definition) is 4. The summed E-state index contributed by atoms with van der Waals surface area (Å²) in [5, 5.41) is 0. The molecule has 0 spiro atoms. The van der Waals surface area contributed by atoms with Gasteiger partial charge in [0.25, 0.3) is 5.91 Å². The standard InChI is InChI=1S/C27H25F2NO4S/c1-35(32,33)22-5-6-23(19-4-7-25(28)26(29)13-19)24(14-22)27(31)30-15-20-3-2-18(12-21(20)16-30)17-8-10-34-11-9-17/h2-7,12-14,17H,8-11,15-16H2,1H3. The molecule has 3 aromatic carbocycles. The second-order valence-electron chi connectivity index (χ2n) is 9.18. The molecule has 0 radical (unpaired) electrons. The topological polar surface area (TPSA) is 63.7 Å². The molecule has 0 N–H and O–H groups in total. The molecule has 8 heteroatoms. The van der Waals surface area contributed by atoms with Gasteiger partial charge in [-0.15, -0.1) is 0 Å². The monoisotopic (exact) mass is 497 g/mol. The summed E-state index contributed by atoms with van der Waals surface area (Å²) in [6.45, 7) is 2.28. The summed E-state index contributed by atoms with van der Waals surface area (Å²) < 4.78 is 57.3. The first kappa shape index (κ1) is 23.6. The third-order valence-corrected chi connectivity index (χ3v) is 7.92. The van der Waals surface area contributed by atoms with Crippen molar-refractivity contribution in [2.75, 3.05) is 19.5 Å². The summed E-state index contributed by atoms with van der Waals surface area (Å²) >= 11 is 0. The van der Waals surface area contributed by atoms with Gasteiger partial charge in [-0.25, -0.2) is 17.2 Å². The Bertz CT molecular complexity index is 1410. The molecule has 0 atom stereocenters. The molecule has 5 nitrogen and oxygen atoms in total. The number of benzene rings is 3. The fourth-order valence-electron chi connectivity index (χ4n) is 4.86. The van der Waals surface area contributed by atoms with Crippen molar-refractivity contribution in [3.05, 3.63) is 88.5 Å². The van der Waals surface area contributed by atoms with Crippen LogP contribution in [-0.4, -0.2) is 38.7 Å². The molecule has 182 valence electrons. The molecule has 1 saturated heterocycles. The average Bonchev–Trinajstić information content (AvgIpc) is 3.28. The van der Waals surface area contributed by atoms with Crippen LogP contribution in [0.25, 0.3) is 11.1 Å². The van der Waals surface area contributed by atoms with Crippen LogP contribution in [0.5, 0.6) is 0 Å². The molecule has 2 aliphatic rings. The molecule has 5 rings (SSSR count). The summed E-state index contributed by atoms with van der Waals surface area (Å²) in [6, 6.07) is 13.9. The lowest BCUT2D eigenvalue weighted by molar-refractivity contribution is 0.0752. The number of amides is 1. The minimum atomic E-state index is -3.58. The van der Waals surface area contributed by atoms with Crippen LogP contribution in [0.4, 0.5) is 8.78 Å². The first-order valence-electron chi connectivity index (χ1n) is 11.5. The maximum absolute atomic E-state index is 14.0. The largest absolute Gasteiger partial charge is 0.381 e. The summed E-state index contributed by atoms with van der Waals surface area (Å²) in [7, 11) is -3.58. The van der Waals surface area contributed by atoms with Gasteiger partial charge in [0.2, 0.25) is 0 Å². The predicted molar refractivity (Wildman–Crippen MR) is 128 cm³/mol. The molecule has 2 heterocycles. The lowest BCUT2D eigenvalue weighted by atomic mass is 9.90. The highest BCUT2D eigenvalue weighted by atomic mass is 32.2. The number of carbonyl (C=O) groups excluding carboxylic acids is 1. The van der Waals surface area contributed by atoms with E-state index in [2.05, 4.69) is 18.2 Å². The van der Waals surface area contributed by atoms with E-state index < -0.39 is 21.5 Å². The van der Waals surface area contributed by atoms with Crippen molar-refractivity contribution in [3.8, 4) is 11.1 Å². The van der Waals surface area contributed by atoms with Gasteiger partial charge in [-0.3, -0.25) is 4.79 Å². The van der Waals surface area contributed by atoms with E-state index in [0.717, 1.165) is 55.6 Å². The van der Waals surface area contributed by atoms with Crippen molar-refractivity contribution < 1.29 is 26.7 Å². The van der Waals surface area contributed by atoms with Gasteiger partial charge >= 0.3 is 0 Å². The number of carbonyl (C=O) groups is 1. The van der Waals surface area contributed by atoms with Gasteiger partial charge in [0.1, 0.15) is 0 Å². The number of ether oxygens (including phenoxy) is 1. The number of halogens is 2. The summed E-state index contributed by atoms with van der Waals surface area (Å²) in [5.41, 5.74) is 4.13. The van der Waals surface area contributed by atoms with E-state index in [0.29, 0.717) is 30.1 Å². The summed E-state index contributed by atoms with van der Waals surface area (Å²) in [5.74, 6) is -1.96. The zero-order valence-electron chi connectivity index (χ0n) is 19.3. The third kappa shape index (κ3) is 4.73. The van der Waals surface area contributed by atoms with Crippen LogP contribution in [-0.2, 0) is 27.7 Å². The van der Waals surface area contributed by atoms with E-state index in [1.807, 2.05) is 0 Å². The molecule has 35 heavy (non-hydrogen) atoms. The Morgan fingerprint density at radius 3 is 2.37 bits per heavy atom. The molecule has 2 aliphatic heterocycles. The van der Waals surface area contributed by atoms with Crippen LogP contribution in [0.3, 0.4) is 0 Å². The second-order valence-corrected chi connectivity index (χ2v) is 11.2. The number of nitrogens with zero attached hydrogens (tertiary/aromatic N) is 1. The van der Waals surface area contributed by atoms with Crippen LogP contribution in [0.1, 0.15) is 45.8 Å². The summed E-state index contributed by atoms with van der Waals surface area (Å²) in [4.78, 5) is 15.3. The van der Waals surface area contributed by atoms with E-state index in [1.54, 1.807) is 4.90 Å². The minimum Gasteiger partial charge on any atom is -0.381 e. The molecule has 0 bridgehead atoms. The Balaban J connectivity index is 1.49. The zero-order valence-corrected chi connectivity index (χ0v) is 20.1. The SMILES string of the molecule is CS(=O)(=O)c1ccc(-c2ccc(F)c(F)c2)c(C(=O)N2Cc3ccc(C4CCOCC4)cc3C2)c1. The van der Waals surface area contributed by atoms with Gasteiger partial charge in [0.05, 0.1) is 4.90 Å². The molecule has 1 amide bonds. The van der Waals surface area contributed by atoms with Crippen LogP contribution in [0.2, 0.25) is 0 Å². The van der Waals surface area contributed by atoms with E-state index >= 15 is 0 Å². The van der Waals surface area contributed by atoms with Crippen LogP contribution >= 0.6 is 0 Å². The quantitative estimate of drug-likeness (QED) is 0.504. The maximum atomic E-state index is 14.0. The number of fused-ring (bicyclic) bond motifs is 1. The molecular formula is C27H25F2NO4S. The van der Waals surface area contributed by atoms with Crippen molar-refractivity contribution in [2.24, 2.45) is 0 Å². The van der Waals surface area contributed by atoms with Crippen molar-refractivity contribution >= 4 is 15.7 Å². The number of hydrogen-bond donors (Lipinski definition) is 0. The van der Waals surface area contributed by atoms with Gasteiger partial charge in [-0.05, 0) is 70.8 Å². The van der Waals surface area contributed by atoms with Gasteiger partial charge in [0.15, 0.2) is 21.5 Å². The minimum absolute atomic E-state index is 0.00861. The fourth-order valence-corrected chi connectivity index (χ4v) is 5.51. The summed E-state index contributed by atoms with van der Waals surface area (Å²) in [6.07, 6.45) is 3.01. The smallest absolute Gasteiger partial charge is 0.255 e. The predicted octanol–water partition coefficient (Wildman–Crippen LogP) is 5.09. The number of sulfone groups is 1. The van der Waals surface area contributed by atoms with Gasteiger partial charge in [-0.2, -0.15) is 0 Å². The molecule has 1 fully saturated rings. The highest BCUT2D eigenvalue weighted by molar-refractivity contribution is 7.90. The van der Waals surface area contributed by atoms with Crippen molar-refractivity contribution in [1.82, 2.24) is 4.90 Å². The van der Waals surface area contributed by atoms with E-state index in [1.165, 1.54) is 29.8 Å². The number of rotatable bonds is 4. The van der Waals surface area contributed by atoms with E-state index in [9.17, 15) is 22.0 Å². The lowest BCUT2D eigenvalue weighted by Gasteiger charge is -2.22. The lowest BCUT2D eigenvalue weighted by Crippen LogP contribution is -2.26.